The molecule has 0 aliphatic carbocycles. The molecule has 2 heterocycles. The summed E-state index contributed by atoms with van der Waals surface area (Å²) in [4.78, 5) is 4.94. The zero-order valence-corrected chi connectivity index (χ0v) is 16.4. The first-order valence-corrected chi connectivity index (χ1v) is 9.97. The highest BCUT2D eigenvalue weighted by atomic mass is 16.5. The summed E-state index contributed by atoms with van der Waals surface area (Å²) in [6, 6.07) is 20.7. The Kier molecular flexibility index (Phi) is 6.04. The van der Waals surface area contributed by atoms with Crippen molar-refractivity contribution in [3.63, 3.8) is 0 Å². The van der Waals surface area contributed by atoms with Crippen molar-refractivity contribution < 1.29 is 9.26 Å². The Morgan fingerprint density at radius 1 is 0.893 bits per heavy atom. The van der Waals surface area contributed by atoms with Crippen LogP contribution >= 0.6 is 0 Å². The second-order valence-corrected chi connectivity index (χ2v) is 7.17. The Bertz CT molecular complexity index is 853. The van der Waals surface area contributed by atoms with E-state index < -0.39 is 0 Å². The van der Waals surface area contributed by atoms with E-state index in [4.69, 9.17) is 9.26 Å². The van der Waals surface area contributed by atoms with Gasteiger partial charge in [-0.3, -0.25) is 9.80 Å². The standard InChI is InChI=1S/C23H27N3O2/c1-2-27-21-10-8-19(9-11-21)17-25-12-14-26(15-13-25)18-22-16-23(24-28-22)20-6-4-3-5-7-20/h3-11,16H,2,12-15,17-18H2,1H3. The molecule has 0 saturated carbocycles. The van der Waals surface area contributed by atoms with Gasteiger partial charge in [-0.15, -0.1) is 0 Å². The first kappa shape index (κ1) is 18.7. The van der Waals surface area contributed by atoms with E-state index in [1.54, 1.807) is 0 Å². The molecule has 1 saturated heterocycles. The van der Waals surface area contributed by atoms with E-state index >= 15 is 0 Å². The van der Waals surface area contributed by atoms with Crippen molar-refractivity contribution in [3.05, 3.63) is 72.0 Å². The molecular weight excluding hydrogens is 350 g/mol. The molecule has 3 aromatic rings. The van der Waals surface area contributed by atoms with Crippen LogP contribution in [0.25, 0.3) is 11.3 Å². The maximum atomic E-state index is 5.56. The predicted octanol–water partition coefficient (Wildman–Crippen LogP) is 4.06. The molecule has 4 rings (SSSR count). The number of ether oxygens (including phenoxy) is 1. The van der Waals surface area contributed by atoms with Gasteiger partial charge in [-0.05, 0) is 24.6 Å². The van der Waals surface area contributed by atoms with Gasteiger partial charge in [-0.2, -0.15) is 0 Å². The van der Waals surface area contributed by atoms with Crippen LogP contribution in [0.4, 0.5) is 0 Å². The average Bonchev–Trinajstić information content (AvgIpc) is 3.20. The minimum Gasteiger partial charge on any atom is -0.494 e. The summed E-state index contributed by atoms with van der Waals surface area (Å²) in [6.07, 6.45) is 0. The van der Waals surface area contributed by atoms with Crippen LogP contribution in [0.2, 0.25) is 0 Å². The monoisotopic (exact) mass is 377 g/mol. The molecule has 0 spiro atoms. The van der Waals surface area contributed by atoms with Gasteiger partial charge >= 0.3 is 0 Å². The third-order valence-electron chi connectivity index (χ3n) is 5.11. The number of hydrogen-bond acceptors (Lipinski definition) is 5. The minimum absolute atomic E-state index is 0.708. The number of piperazine rings is 1. The van der Waals surface area contributed by atoms with Crippen LogP contribution in [-0.2, 0) is 13.1 Å². The van der Waals surface area contributed by atoms with Crippen LogP contribution in [0, 0.1) is 0 Å². The molecule has 1 aliphatic heterocycles. The first-order valence-electron chi connectivity index (χ1n) is 9.97. The van der Waals surface area contributed by atoms with Gasteiger partial charge in [0.1, 0.15) is 11.4 Å². The fourth-order valence-electron chi connectivity index (χ4n) is 3.57. The Labute approximate surface area is 166 Å². The Hall–Kier alpha value is -2.63. The average molecular weight is 377 g/mol. The van der Waals surface area contributed by atoms with Crippen molar-refractivity contribution in [2.24, 2.45) is 0 Å². The second-order valence-electron chi connectivity index (χ2n) is 7.17. The number of aromatic nitrogens is 1. The van der Waals surface area contributed by atoms with Gasteiger partial charge in [0.25, 0.3) is 0 Å². The first-order chi connectivity index (χ1) is 13.8. The maximum absolute atomic E-state index is 5.56. The SMILES string of the molecule is CCOc1ccc(CN2CCN(Cc3cc(-c4ccccc4)no3)CC2)cc1. The molecule has 0 amide bonds. The van der Waals surface area contributed by atoms with E-state index in [1.807, 2.05) is 25.1 Å². The van der Waals surface area contributed by atoms with E-state index in [9.17, 15) is 0 Å². The lowest BCUT2D eigenvalue weighted by molar-refractivity contribution is 0.114. The Morgan fingerprint density at radius 2 is 1.57 bits per heavy atom. The molecule has 5 nitrogen and oxygen atoms in total. The molecule has 146 valence electrons. The van der Waals surface area contributed by atoms with Crippen molar-refractivity contribution in [1.29, 1.82) is 0 Å². The van der Waals surface area contributed by atoms with Crippen LogP contribution in [0.5, 0.6) is 5.75 Å². The minimum atomic E-state index is 0.708. The number of nitrogens with zero attached hydrogens (tertiary/aromatic N) is 3. The van der Waals surface area contributed by atoms with Gasteiger partial charge < -0.3 is 9.26 Å². The topological polar surface area (TPSA) is 41.7 Å². The molecule has 0 radical (unpaired) electrons. The van der Waals surface area contributed by atoms with Gasteiger partial charge in [0.2, 0.25) is 0 Å². The van der Waals surface area contributed by atoms with E-state index in [0.29, 0.717) is 6.61 Å². The lowest BCUT2D eigenvalue weighted by Crippen LogP contribution is -2.45. The molecule has 5 heteroatoms. The maximum Gasteiger partial charge on any atom is 0.151 e. The van der Waals surface area contributed by atoms with E-state index in [1.165, 1.54) is 5.56 Å². The summed E-state index contributed by atoms with van der Waals surface area (Å²) in [6.45, 7) is 8.72. The van der Waals surface area contributed by atoms with Crippen molar-refractivity contribution in [2.45, 2.75) is 20.0 Å². The molecule has 0 N–H and O–H groups in total. The largest absolute Gasteiger partial charge is 0.494 e. The van der Waals surface area contributed by atoms with Crippen molar-refractivity contribution in [3.8, 4) is 17.0 Å². The van der Waals surface area contributed by atoms with Crippen LogP contribution in [0.3, 0.4) is 0 Å². The van der Waals surface area contributed by atoms with Crippen molar-refractivity contribution in [2.75, 3.05) is 32.8 Å². The van der Waals surface area contributed by atoms with E-state index in [2.05, 4.69) is 57.4 Å². The summed E-state index contributed by atoms with van der Waals surface area (Å²) in [5, 5.41) is 4.22. The van der Waals surface area contributed by atoms with Gasteiger partial charge in [-0.1, -0.05) is 47.6 Å². The number of benzene rings is 2. The highest BCUT2D eigenvalue weighted by Gasteiger charge is 2.19. The molecule has 1 aliphatic rings. The number of rotatable bonds is 7. The summed E-state index contributed by atoms with van der Waals surface area (Å²) in [5.41, 5.74) is 3.34. The predicted molar refractivity (Wildman–Crippen MR) is 110 cm³/mol. The fraction of sp³-hybridized carbons (Fsp3) is 0.348. The Balaban J connectivity index is 1.26. The molecule has 0 atom stereocenters. The fourth-order valence-corrected chi connectivity index (χ4v) is 3.57. The third-order valence-corrected chi connectivity index (χ3v) is 5.11. The molecule has 0 bridgehead atoms. The normalized spacial score (nSPS) is 15.6. The van der Waals surface area contributed by atoms with Crippen LogP contribution in [0.15, 0.2) is 65.2 Å². The summed E-state index contributed by atoms with van der Waals surface area (Å²) in [7, 11) is 0. The van der Waals surface area contributed by atoms with Crippen LogP contribution in [0.1, 0.15) is 18.2 Å². The zero-order chi connectivity index (χ0) is 19.2. The second kappa shape index (κ2) is 9.04. The molecule has 0 unspecified atom stereocenters. The molecular formula is C23H27N3O2. The van der Waals surface area contributed by atoms with E-state index in [-0.39, 0.29) is 0 Å². The van der Waals surface area contributed by atoms with Crippen molar-refractivity contribution >= 4 is 0 Å². The van der Waals surface area contributed by atoms with Gasteiger partial charge in [0.15, 0.2) is 5.76 Å². The van der Waals surface area contributed by atoms with Crippen LogP contribution < -0.4 is 4.74 Å². The van der Waals surface area contributed by atoms with Crippen LogP contribution in [-0.4, -0.2) is 47.7 Å². The molecule has 28 heavy (non-hydrogen) atoms. The third kappa shape index (κ3) is 4.80. The molecule has 1 aromatic heterocycles. The van der Waals surface area contributed by atoms with E-state index in [0.717, 1.165) is 62.0 Å². The number of hydrogen-bond donors (Lipinski definition) is 0. The Morgan fingerprint density at radius 3 is 2.25 bits per heavy atom. The summed E-state index contributed by atoms with van der Waals surface area (Å²) in [5.74, 6) is 1.87. The zero-order valence-electron chi connectivity index (χ0n) is 16.4. The summed E-state index contributed by atoms with van der Waals surface area (Å²) < 4.78 is 11.1. The quantitative estimate of drug-likeness (QED) is 0.621. The molecule has 1 fully saturated rings. The smallest absolute Gasteiger partial charge is 0.151 e. The lowest BCUT2D eigenvalue weighted by Gasteiger charge is -2.34. The van der Waals surface area contributed by atoms with Gasteiger partial charge in [0, 0.05) is 44.4 Å². The van der Waals surface area contributed by atoms with Crippen molar-refractivity contribution in [1.82, 2.24) is 15.0 Å². The van der Waals surface area contributed by atoms with Gasteiger partial charge in [0.05, 0.1) is 13.2 Å². The highest BCUT2D eigenvalue weighted by molar-refractivity contribution is 5.58. The summed E-state index contributed by atoms with van der Waals surface area (Å²) >= 11 is 0. The highest BCUT2D eigenvalue weighted by Crippen LogP contribution is 2.20. The lowest BCUT2D eigenvalue weighted by atomic mass is 10.1. The van der Waals surface area contributed by atoms with Gasteiger partial charge in [-0.25, -0.2) is 0 Å². The molecule has 2 aromatic carbocycles.